The van der Waals surface area contributed by atoms with Crippen molar-refractivity contribution >= 4 is 46.2 Å². The Morgan fingerprint density at radius 3 is 2.63 bits per heavy atom. The highest BCUT2D eigenvalue weighted by molar-refractivity contribution is 8.18. The molecule has 0 spiro atoms. The Morgan fingerprint density at radius 2 is 1.93 bits per heavy atom. The maximum atomic E-state index is 12.3. The summed E-state index contributed by atoms with van der Waals surface area (Å²) in [6.45, 7) is 1.96. The number of aromatic hydroxyl groups is 1. The molecule has 27 heavy (non-hydrogen) atoms. The number of halogens is 1. The molecule has 2 N–H and O–H groups in total. The van der Waals surface area contributed by atoms with Gasteiger partial charge in [0.15, 0.2) is 16.7 Å². The predicted molar refractivity (Wildman–Crippen MR) is 108 cm³/mol. The van der Waals surface area contributed by atoms with Gasteiger partial charge >= 0.3 is 0 Å². The van der Waals surface area contributed by atoms with E-state index in [1.54, 1.807) is 25.3 Å². The van der Waals surface area contributed by atoms with Crippen molar-refractivity contribution in [3.05, 3.63) is 51.4 Å². The number of benzene rings is 2. The van der Waals surface area contributed by atoms with Crippen molar-refractivity contribution in [1.82, 2.24) is 5.32 Å². The van der Waals surface area contributed by atoms with E-state index < -0.39 is 0 Å². The molecule has 3 rings (SSSR count). The number of aliphatic imine (C=N–C) groups is 1. The zero-order valence-corrected chi connectivity index (χ0v) is 16.4. The molecule has 8 heteroatoms. The Kier molecular flexibility index (Phi) is 5.62. The van der Waals surface area contributed by atoms with E-state index in [1.165, 1.54) is 18.9 Å². The molecule has 1 saturated heterocycles. The van der Waals surface area contributed by atoms with E-state index in [0.717, 1.165) is 5.56 Å². The van der Waals surface area contributed by atoms with Crippen molar-refractivity contribution in [3.63, 3.8) is 0 Å². The molecule has 1 amide bonds. The van der Waals surface area contributed by atoms with Crippen LogP contribution in [0.4, 0.5) is 5.69 Å². The lowest BCUT2D eigenvalue weighted by Gasteiger charge is -2.06. The first-order valence-electron chi connectivity index (χ1n) is 7.92. The number of hydrogen-bond donors (Lipinski definition) is 2. The number of carbonyl (C=O) groups is 1. The van der Waals surface area contributed by atoms with Gasteiger partial charge in [0.2, 0.25) is 0 Å². The van der Waals surface area contributed by atoms with Crippen LogP contribution >= 0.6 is 23.4 Å². The van der Waals surface area contributed by atoms with Gasteiger partial charge in [-0.15, -0.1) is 0 Å². The standard InChI is InChI=1S/C19H17ClN2O4S/c1-10-4-5-14(25-2)13(6-10)21-19-22-18(24)16(27-19)9-11-7-12(20)17(23)15(8-11)26-3/h4-9,23H,1-3H3,(H,21,22,24)/b16-9-. The number of thioether (sulfide) groups is 1. The summed E-state index contributed by atoms with van der Waals surface area (Å²) in [6, 6.07) is 8.79. The zero-order chi connectivity index (χ0) is 19.6. The van der Waals surface area contributed by atoms with Crippen LogP contribution in [0.25, 0.3) is 6.08 Å². The second-order valence-electron chi connectivity index (χ2n) is 5.71. The summed E-state index contributed by atoms with van der Waals surface area (Å²) >= 11 is 7.21. The van der Waals surface area contributed by atoms with Gasteiger partial charge in [-0.25, -0.2) is 4.99 Å². The first kappa shape index (κ1) is 19.1. The van der Waals surface area contributed by atoms with Crippen LogP contribution < -0.4 is 14.8 Å². The van der Waals surface area contributed by atoms with Crippen molar-refractivity contribution < 1.29 is 19.4 Å². The second-order valence-corrected chi connectivity index (χ2v) is 7.15. The van der Waals surface area contributed by atoms with Crippen molar-refractivity contribution in [3.8, 4) is 17.2 Å². The minimum Gasteiger partial charge on any atom is -0.503 e. The SMILES string of the molecule is COc1ccc(C)cc1N=C1NC(=O)/C(=C/c2cc(Cl)c(O)c(OC)c2)S1. The van der Waals surface area contributed by atoms with E-state index >= 15 is 0 Å². The van der Waals surface area contributed by atoms with Crippen LogP contribution in [0.15, 0.2) is 40.2 Å². The number of nitrogens with one attached hydrogen (secondary N) is 1. The van der Waals surface area contributed by atoms with Gasteiger partial charge in [0.25, 0.3) is 5.91 Å². The fourth-order valence-corrected chi connectivity index (χ4v) is 3.52. The van der Waals surface area contributed by atoms with Crippen LogP contribution in [-0.4, -0.2) is 30.4 Å². The van der Waals surface area contributed by atoms with E-state index in [0.29, 0.717) is 27.1 Å². The first-order chi connectivity index (χ1) is 12.9. The van der Waals surface area contributed by atoms with Crippen LogP contribution in [-0.2, 0) is 4.79 Å². The predicted octanol–water partition coefficient (Wildman–Crippen LogP) is 4.26. The van der Waals surface area contributed by atoms with Gasteiger partial charge in [0.1, 0.15) is 11.4 Å². The van der Waals surface area contributed by atoms with E-state index in [-0.39, 0.29) is 22.4 Å². The number of methoxy groups -OCH3 is 2. The zero-order valence-electron chi connectivity index (χ0n) is 14.9. The molecule has 0 aliphatic carbocycles. The highest BCUT2D eigenvalue weighted by Crippen LogP contribution is 2.37. The Balaban J connectivity index is 1.91. The third kappa shape index (κ3) is 4.20. The Labute approximate surface area is 165 Å². The fourth-order valence-electron chi connectivity index (χ4n) is 2.46. The number of aryl methyl sites for hydroxylation is 1. The average molecular weight is 405 g/mol. The van der Waals surface area contributed by atoms with Crippen LogP contribution in [0.5, 0.6) is 17.2 Å². The molecule has 1 aliphatic rings. The van der Waals surface area contributed by atoms with Crippen molar-refractivity contribution in [2.45, 2.75) is 6.92 Å². The molecule has 0 atom stereocenters. The maximum absolute atomic E-state index is 12.3. The molecule has 1 heterocycles. The normalized spacial score (nSPS) is 16.7. The molecule has 0 unspecified atom stereocenters. The topological polar surface area (TPSA) is 80.2 Å². The number of rotatable bonds is 4. The lowest BCUT2D eigenvalue weighted by molar-refractivity contribution is -0.115. The smallest absolute Gasteiger partial charge is 0.264 e. The Morgan fingerprint density at radius 1 is 1.19 bits per heavy atom. The van der Waals surface area contributed by atoms with Gasteiger partial charge in [-0.1, -0.05) is 17.7 Å². The summed E-state index contributed by atoms with van der Waals surface area (Å²) < 4.78 is 10.4. The lowest BCUT2D eigenvalue weighted by Crippen LogP contribution is -2.19. The molecule has 0 radical (unpaired) electrons. The van der Waals surface area contributed by atoms with E-state index in [1.807, 2.05) is 25.1 Å². The van der Waals surface area contributed by atoms with Crippen molar-refractivity contribution in [2.75, 3.05) is 14.2 Å². The molecule has 0 bridgehead atoms. The summed E-state index contributed by atoms with van der Waals surface area (Å²) in [5.41, 5.74) is 2.30. The molecular formula is C19H17ClN2O4S. The molecule has 140 valence electrons. The van der Waals surface area contributed by atoms with Crippen LogP contribution in [0.3, 0.4) is 0 Å². The minimum atomic E-state index is -0.270. The lowest BCUT2D eigenvalue weighted by atomic mass is 10.2. The highest BCUT2D eigenvalue weighted by atomic mass is 35.5. The third-order valence-electron chi connectivity index (χ3n) is 3.78. The van der Waals surface area contributed by atoms with Gasteiger partial charge in [0, 0.05) is 0 Å². The average Bonchev–Trinajstić information content (AvgIpc) is 2.97. The molecular weight excluding hydrogens is 388 g/mol. The molecule has 1 fully saturated rings. The molecule has 2 aromatic rings. The minimum absolute atomic E-state index is 0.140. The van der Waals surface area contributed by atoms with Gasteiger partial charge in [-0.3, -0.25) is 4.79 Å². The number of ether oxygens (including phenoxy) is 2. The summed E-state index contributed by atoms with van der Waals surface area (Å²) in [7, 11) is 3.00. The number of phenolic OH excluding ortho intramolecular Hbond substituents is 1. The molecule has 0 aromatic heterocycles. The fraction of sp³-hybridized carbons (Fsp3) is 0.158. The van der Waals surface area contributed by atoms with Crippen LogP contribution in [0, 0.1) is 6.92 Å². The summed E-state index contributed by atoms with van der Waals surface area (Å²) in [4.78, 5) is 17.2. The summed E-state index contributed by atoms with van der Waals surface area (Å²) in [5, 5.41) is 13.1. The second kappa shape index (κ2) is 7.94. The van der Waals surface area contributed by atoms with Crippen LogP contribution in [0.1, 0.15) is 11.1 Å². The summed E-state index contributed by atoms with van der Waals surface area (Å²) in [6.07, 6.45) is 1.66. The van der Waals surface area contributed by atoms with Crippen LogP contribution in [0.2, 0.25) is 5.02 Å². The maximum Gasteiger partial charge on any atom is 0.264 e. The molecule has 0 saturated carbocycles. The number of nitrogens with zero attached hydrogens (tertiary/aromatic N) is 1. The quantitative estimate of drug-likeness (QED) is 0.744. The molecule has 6 nitrogen and oxygen atoms in total. The number of phenols is 1. The first-order valence-corrected chi connectivity index (χ1v) is 9.11. The van der Waals surface area contributed by atoms with Gasteiger partial charge in [-0.2, -0.15) is 0 Å². The molecule has 2 aromatic carbocycles. The van der Waals surface area contributed by atoms with Gasteiger partial charge < -0.3 is 19.9 Å². The van der Waals surface area contributed by atoms with Crippen molar-refractivity contribution in [1.29, 1.82) is 0 Å². The Hall–Kier alpha value is -2.64. The molecule has 1 aliphatic heterocycles. The number of amides is 1. The largest absolute Gasteiger partial charge is 0.503 e. The summed E-state index contributed by atoms with van der Waals surface area (Å²) in [5.74, 6) is 0.443. The highest BCUT2D eigenvalue weighted by Gasteiger charge is 2.24. The third-order valence-corrected chi connectivity index (χ3v) is 4.97. The number of amidine groups is 1. The van der Waals surface area contributed by atoms with Gasteiger partial charge in [0.05, 0.1) is 24.1 Å². The Bertz CT molecular complexity index is 972. The number of hydrogen-bond acceptors (Lipinski definition) is 6. The monoisotopic (exact) mass is 404 g/mol. The number of carbonyl (C=O) groups excluding carboxylic acids is 1. The van der Waals surface area contributed by atoms with E-state index in [9.17, 15) is 9.90 Å². The van der Waals surface area contributed by atoms with Crippen molar-refractivity contribution in [2.24, 2.45) is 4.99 Å². The van der Waals surface area contributed by atoms with E-state index in [2.05, 4.69) is 10.3 Å². The van der Waals surface area contributed by atoms with Gasteiger partial charge in [-0.05, 0) is 60.2 Å². The van der Waals surface area contributed by atoms with E-state index in [4.69, 9.17) is 21.1 Å².